The number of hydrogen-bond donors (Lipinski definition) is 0. The van der Waals surface area contributed by atoms with Crippen LogP contribution in [-0.4, -0.2) is 22.4 Å². The fraction of sp³-hybridized carbons (Fsp3) is 0.333. The molecule has 0 spiro atoms. The molecule has 15 heavy (non-hydrogen) atoms. The topological polar surface area (TPSA) is 76.3 Å². The lowest BCUT2D eigenvalue weighted by Gasteiger charge is -2.14. The Morgan fingerprint density at radius 1 is 1.53 bits per heavy atom. The van der Waals surface area contributed by atoms with E-state index in [0.29, 0.717) is 18.7 Å². The molecule has 1 aliphatic heterocycles. The van der Waals surface area contributed by atoms with Crippen molar-refractivity contribution in [3.63, 3.8) is 0 Å². The fourth-order valence-corrected chi connectivity index (χ4v) is 1.60. The molecule has 0 radical (unpaired) electrons. The van der Waals surface area contributed by atoms with Crippen LogP contribution in [0.15, 0.2) is 18.3 Å². The average molecular weight is 207 g/mol. The van der Waals surface area contributed by atoms with Gasteiger partial charge in [0, 0.05) is 19.0 Å². The van der Waals surface area contributed by atoms with Crippen molar-refractivity contribution in [1.82, 2.24) is 4.98 Å². The van der Waals surface area contributed by atoms with E-state index in [1.165, 1.54) is 12.3 Å². The van der Waals surface area contributed by atoms with Gasteiger partial charge < -0.3 is 15.0 Å². The smallest absolute Gasteiger partial charge is 0.358 e. The Hall–Kier alpha value is -1.98. The van der Waals surface area contributed by atoms with Crippen LogP contribution in [0.2, 0.25) is 0 Å². The van der Waals surface area contributed by atoms with Crippen molar-refractivity contribution < 1.29 is 9.72 Å². The zero-order valence-corrected chi connectivity index (χ0v) is 7.92. The highest BCUT2D eigenvalue weighted by Crippen LogP contribution is 2.23. The molecule has 0 bridgehead atoms. The monoisotopic (exact) mass is 207 g/mol. The van der Waals surface area contributed by atoms with E-state index in [4.69, 9.17) is 0 Å². The van der Waals surface area contributed by atoms with Crippen LogP contribution < -0.4 is 4.90 Å². The Bertz CT molecular complexity index is 419. The van der Waals surface area contributed by atoms with Crippen molar-refractivity contribution in [3.8, 4) is 0 Å². The van der Waals surface area contributed by atoms with Crippen LogP contribution in [0.4, 0.5) is 11.5 Å². The Morgan fingerprint density at radius 2 is 2.33 bits per heavy atom. The van der Waals surface area contributed by atoms with Crippen molar-refractivity contribution in [2.75, 3.05) is 11.4 Å². The molecule has 0 aliphatic carbocycles. The second kappa shape index (κ2) is 3.64. The van der Waals surface area contributed by atoms with Crippen molar-refractivity contribution in [3.05, 3.63) is 28.4 Å². The van der Waals surface area contributed by atoms with E-state index in [0.717, 1.165) is 6.42 Å². The lowest BCUT2D eigenvalue weighted by Crippen LogP contribution is -2.23. The summed E-state index contributed by atoms with van der Waals surface area (Å²) in [5.41, 5.74) is 0.555. The zero-order valence-electron chi connectivity index (χ0n) is 7.92. The van der Waals surface area contributed by atoms with Crippen LogP contribution >= 0.6 is 0 Å². The number of anilines is 1. The first-order valence-corrected chi connectivity index (χ1v) is 4.59. The lowest BCUT2D eigenvalue weighted by atomic mass is 10.3. The van der Waals surface area contributed by atoms with Crippen LogP contribution in [-0.2, 0) is 4.79 Å². The van der Waals surface area contributed by atoms with Crippen molar-refractivity contribution in [1.29, 1.82) is 0 Å². The average Bonchev–Trinajstić information content (AvgIpc) is 2.64. The van der Waals surface area contributed by atoms with Gasteiger partial charge in [0.25, 0.3) is 0 Å². The van der Waals surface area contributed by atoms with E-state index in [-0.39, 0.29) is 11.7 Å². The lowest BCUT2D eigenvalue weighted by molar-refractivity contribution is -0.389. The number of amides is 1. The number of nitro groups is 1. The van der Waals surface area contributed by atoms with Gasteiger partial charge in [-0.3, -0.25) is 4.79 Å². The highest BCUT2D eigenvalue weighted by molar-refractivity contribution is 5.95. The van der Waals surface area contributed by atoms with Crippen LogP contribution in [0.5, 0.6) is 0 Å². The molecule has 0 N–H and O–H groups in total. The van der Waals surface area contributed by atoms with Gasteiger partial charge >= 0.3 is 5.82 Å². The van der Waals surface area contributed by atoms with Gasteiger partial charge in [0.2, 0.25) is 5.91 Å². The number of carbonyl (C=O) groups excluding carboxylic acids is 1. The number of rotatable bonds is 2. The summed E-state index contributed by atoms with van der Waals surface area (Å²) in [6.07, 6.45) is 2.66. The van der Waals surface area contributed by atoms with Crippen molar-refractivity contribution in [2.45, 2.75) is 12.8 Å². The van der Waals surface area contributed by atoms with Gasteiger partial charge in [0.15, 0.2) is 0 Å². The molecule has 1 amide bonds. The Kier molecular flexibility index (Phi) is 2.32. The predicted octanol–water partition coefficient (Wildman–Crippen LogP) is 1.12. The zero-order chi connectivity index (χ0) is 10.8. The first-order chi connectivity index (χ1) is 7.18. The third-order valence-electron chi connectivity index (χ3n) is 2.30. The van der Waals surface area contributed by atoms with E-state index >= 15 is 0 Å². The van der Waals surface area contributed by atoms with Gasteiger partial charge in [0.1, 0.15) is 6.20 Å². The second-order valence-corrected chi connectivity index (χ2v) is 3.28. The fourth-order valence-electron chi connectivity index (χ4n) is 1.60. The van der Waals surface area contributed by atoms with E-state index in [1.807, 2.05) is 0 Å². The number of carbonyl (C=O) groups is 1. The molecule has 78 valence electrons. The summed E-state index contributed by atoms with van der Waals surface area (Å²) in [5.74, 6) is -0.220. The number of aromatic nitrogens is 1. The first kappa shape index (κ1) is 9.57. The molecule has 0 atom stereocenters. The Morgan fingerprint density at radius 3 is 2.93 bits per heavy atom. The number of pyridine rings is 1. The maximum Gasteiger partial charge on any atom is 0.365 e. The minimum atomic E-state index is -0.565. The van der Waals surface area contributed by atoms with Gasteiger partial charge in [-0.15, -0.1) is 0 Å². The summed E-state index contributed by atoms with van der Waals surface area (Å²) in [7, 11) is 0. The summed E-state index contributed by atoms with van der Waals surface area (Å²) >= 11 is 0. The van der Waals surface area contributed by atoms with Gasteiger partial charge in [0.05, 0.1) is 11.8 Å². The molecule has 6 heteroatoms. The van der Waals surface area contributed by atoms with Crippen LogP contribution in [0.25, 0.3) is 0 Å². The molecule has 6 nitrogen and oxygen atoms in total. The Labute approximate surface area is 85.7 Å². The SMILES string of the molecule is O=C1CCCN1c1ccnc([N+](=O)[O-])c1. The highest BCUT2D eigenvalue weighted by atomic mass is 16.6. The summed E-state index contributed by atoms with van der Waals surface area (Å²) in [4.78, 5) is 26.5. The number of nitrogens with zero attached hydrogens (tertiary/aromatic N) is 3. The van der Waals surface area contributed by atoms with Crippen LogP contribution in [0.3, 0.4) is 0 Å². The van der Waals surface area contributed by atoms with E-state index < -0.39 is 4.92 Å². The van der Waals surface area contributed by atoms with Gasteiger partial charge in [-0.05, 0) is 16.3 Å². The summed E-state index contributed by atoms with van der Waals surface area (Å²) in [6, 6.07) is 2.93. The molecule has 1 aliphatic rings. The maximum absolute atomic E-state index is 11.4. The van der Waals surface area contributed by atoms with Gasteiger partial charge in [-0.2, -0.15) is 0 Å². The molecule has 2 heterocycles. The molecule has 0 aromatic carbocycles. The second-order valence-electron chi connectivity index (χ2n) is 3.28. The normalized spacial score (nSPS) is 15.7. The van der Waals surface area contributed by atoms with Crippen LogP contribution in [0, 0.1) is 10.1 Å². The highest BCUT2D eigenvalue weighted by Gasteiger charge is 2.23. The van der Waals surface area contributed by atoms with E-state index in [1.54, 1.807) is 11.0 Å². The van der Waals surface area contributed by atoms with E-state index in [2.05, 4.69) is 4.98 Å². The van der Waals surface area contributed by atoms with Crippen LogP contribution in [0.1, 0.15) is 12.8 Å². The molecular weight excluding hydrogens is 198 g/mol. The van der Waals surface area contributed by atoms with Gasteiger partial charge in [-0.25, -0.2) is 0 Å². The molecule has 0 saturated carbocycles. The quantitative estimate of drug-likeness (QED) is 0.537. The maximum atomic E-state index is 11.4. The van der Waals surface area contributed by atoms with Crippen molar-refractivity contribution in [2.24, 2.45) is 0 Å². The molecular formula is C9H9N3O3. The van der Waals surface area contributed by atoms with E-state index in [9.17, 15) is 14.9 Å². The standard InChI is InChI=1S/C9H9N3O3/c13-9-2-1-5-11(9)7-3-4-10-8(6-7)12(14)15/h3-4,6H,1-2,5H2. The molecule has 1 saturated heterocycles. The Balaban J connectivity index is 2.32. The molecule has 1 fully saturated rings. The summed E-state index contributed by atoms with van der Waals surface area (Å²) < 4.78 is 0. The third kappa shape index (κ3) is 1.78. The largest absolute Gasteiger partial charge is 0.365 e. The minimum Gasteiger partial charge on any atom is -0.358 e. The number of hydrogen-bond acceptors (Lipinski definition) is 4. The third-order valence-corrected chi connectivity index (χ3v) is 2.30. The first-order valence-electron chi connectivity index (χ1n) is 4.59. The van der Waals surface area contributed by atoms with Crippen molar-refractivity contribution >= 4 is 17.4 Å². The molecule has 1 aromatic heterocycles. The molecule has 1 aromatic rings. The predicted molar refractivity (Wildman–Crippen MR) is 52.5 cm³/mol. The molecule has 0 unspecified atom stereocenters. The summed E-state index contributed by atoms with van der Waals surface area (Å²) in [6.45, 7) is 0.625. The van der Waals surface area contributed by atoms with Gasteiger partial charge in [-0.1, -0.05) is 0 Å². The summed E-state index contributed by atoms with van der Waals surface area (Å²) in [5, 5.41) is 10.5. The molecule has 2 rings (SSSR count). The minimum absolute atomic E-state index is 0.00972.